The fourth-order valence-corrected chi connectivity index (χ4v) is 1.29. The number of carbonyl (C=O) groups is 1. The average molecular weight is 244 g/mol. The highest BCUT2D eigenvalue weighted by Crippen LogP contribution is 2.18. The summed E-state index contributed by atoms with van der Waals surface area (Å²) in [6.45, 7) is 12.5. The van der Waals surface area contributed by atoms with E-state index in [1.165, 1.54) is 0 Å². The van der Waals surface area contributed by atoms with Crippen LogP contribution in [0, 0.1) is 11.3 Å². The van der Waals surface area contributed by atoms with Crippen molar-refractivity contribution in [2.75, 3.05) is 0 Å². The van der Waals surface area contributed by atoms with E-state index in [9.17, 15) is 4.79 Å². The van der Waals surface area contributed by atoms with Crippen LogP contribution < -0.4 is 10.6 Å². The number of nitrogens with one attached hydrogen (secondary N) is 2. The molecule has 16 heavy (non-hydrogen) atoms. The SMILES string of the molecule is CC(C)CC(=O)NC(=S)NC(C)C(C)(C)C. The molecule has 2 N–H and O–H groups in total. The van der Waals surface area contributed by atoms with Gasteiger partial charge in [-0.3, -0.25) is 4.79 Å². The van der Waals surface area contributed by atoms with E-state index in [0.29, 0.717) is 17.5 Å². The first-order chi connectivity index (χ1) is 7.12. The predicted octanol–water partition coefficient (Wildman–Crippen LogP) is 2.46. The molecule has 0 aromatic carbocycles. The van der Waals surface area contributed by atoms with Crippen LogP contribution in [-0.4, -0.2) is 17.1 Å². The molecule has 1 atom stereocenters. The van der Waals surface area contributed by atoms with Crippen LogP contribution in [0.15, 0.2) is 0 Å². The van der Waals surface area contributed by atoms with Gasteiger partial charge in [-0.15, -0.1) is 0 Å². The Morgan fingerprint density at radius 3 is 2.12 bits per heavy atom. The van der Waals surface area contributed by atoms with Crippen LogP contribution in [0.5, 0.6) is 0 Å². The molecule has 0 heterocycles. The highest BCUT2D eigenvalue weighted by molar-refractivity contribution is 7.80. The van der Waals surface area contributed by atoms with E-state index in [0.717, 1.165) is 0 Å². The van der Waals surface area contributed by atoms with Gasteiger partial charge in [0.1, 0.15) is 0 Å². The van der Waals surface area contributed by atoms with Gasteiger partial charge in [-0.05, 0) is 30.5 Å². The monoisotopic (exact) mass is 244 g/mol. The van der Waals surface area contributed by atoms with Gasteiger partial charge in [-0.1, -0.05) is 34.6 Å². The first-order valence-corrected chi connectivity index (χ1v) is 6.14. The summed E-state index contributed by atoms with van der Waals surface area (Å²) in [4.78, 5) is 11.5. The van der Waals surface area contributed by atoms with Gasteiger partial charge in [0.15, 0.2) is 5.11 Å². The van der Waals surface area contributed by atoms with Gasteiger partial charge < -0.3 is 10.6 Å². The summed E-state index contributed by atoms with van der Waals surface area (Å²) in [6, 6.07) is 0.222. The predicted molar refractivity (Wildman–Crippen MR) is 72.2 cm³/mol. The number of rotatable bonds is 3. The molecule has 4 heteroatoms. The Bertz CT molecular complexity index is 256. The molecule has 0 aliphatic carbocycles. The van der Waals surface area contributed by atoms with Crippen LogP contribution >= 0.6 is 12.2 Å². The van der Waals surface area contributed by atoms with Crippen molar-refractivity contribution in [3.05, 3.63) is 0 Å². The molecule has 0 aromatic heterocycles. The Hall–Kier alpha value is -0.640. The molecule has 0 rings (SSSR count). The normalized spacial score (nSPS) is 13.4. The van der Waals surface area contributed by atoms with E-state index >= 15 is 0 Å². The van der Waals surface area contributed by atoms with Crippen molar-refractivity contribution in [3.63, 3.8) is 0 Å². The summed E-state index contributed by atoms with van der Waals surface area (Å²) in [5, 5.41) is 6.24. The van der Waals surface area contributed by atoms with Crippen LogP contribution in [0.3, 0.4) is 0 Å². The Morgan fingerprint density at radius 2 is 1.75 bits per heavy atom. The molecular formula is C12H24N2OS. The van der Waals surface area contributed by atoms with Crippen LogP contribution in [-0.2, 0) is 4.79 Å². The number of hydrogen-bond acceptors (Lipinski definition) is 2. The molecule has 0 radical (unpaired) electrons. The van der Waals surface area contributed by atoms with Gasteiger partial charge in [0, 0.05) is 12.5 Å². The van der Waals surface area contributed by atoms with Gasteiger partial charge in [0.25, 0.3) is 0 Å². The quantitative estimate of drug-likeness (QED) is 0.749. The Morgan fingerprint density at radius 1 is 1.25 bits per heavy atom. The van der Waals surface area contributed by atoms with E-state index in [4.69, 9.17) is 12.2 Å². The first kappa shape index (κ1) is 15.4. The topological polar surface area (TPSA) is 41.1 Å². The maximum Gasteiger partial charge on any atom is 0.226 e. The van der Waals surface area contributed by atoms with Gasteiger partial charge >= 0.3 is 0 Å². The molecule has 0 aromatic rings. The van der Waals surface area contributed by atoms with E-state index in [1.807, 2.05) is 13.8 Å². The van der Waals surface area contributed by atoms with E-state index in [1.54, 1.807) is 0 Å². The lowest BCUT2D eigenvalue weighted by molar-refractivity contribution is -0.120. The third kappa shape index (κ3) is 6.77. The second-order valence-electron chi connectivity index (χ2n) is 5.71. The van der Waals surface area contributed by atoms with Crippen LogP contribution in [0.2, 0.25) is 0 Å². The standard InChI is InChI=1S/C12H24N2OS/c1-8(2)7-10(15)14-11(16)13-9(3)12(4,5)6/h8-9H,7H2,1-6H3,(H2,13,14,15,16). The zero-order valence-corrected chi connectivity index (χ0v) is 12.0. The van der Waals surface area contributed by atoms with E-state index in [-0.39, 0.29) is 17.4 Å². The molecule has 3 nitrogen and oxygen atoms in total. The number of amides is 1. The van der Waals surface area contributed by atoms with Crippen molar-refractivity contribution < 1.29 is 4.79 Å². The minimum absolute atomic E-state index is 0.0198. The van der Waals surface area contributed by atoms with Crippen molar-refractivity contribution in [1.82, 2.24) is 10.6 Å². The smallest absolute Gasteiger partial charge is 0.226 e. The Balaban J connectivity index is 4.05. The lowest BCUT2D eigenvalue weighted by atomic mass is 9.88. The molecule has 0 bridgehead atoms. The maximum absolute atomic E-state index is 11.5. The van der Waals surface area contributed by atoms with Crippen LogP contribution in [0.1, 0.15) is 48.0 Å². The van der Waals surface area contributed by atoms with Crippen molar-refractivity contribution in [1.29, 1.82) is 0 Å². The van der Waals surface area contributed by atoms with Crippen LogP contribution in [0.25, 0.3) is 0 Å². The van der Waals surface area contributed by atoms with E-state index < -0.39 is 0 Å². The molecule has 0 aliphatic rings. The zero-order valence-electron chi connectivity index (χ0n) is 11.2. The zero-order chi connectivity index (χ0) is 12.9. The van der Waals surface area contributed by atoms with Gasteiger partial charge in [0.05, 0.1) is 0 Å². The van der Waals surface area contributed by atoms with Gasteiger partial charge in [0.2, 0.25) is 5.91 Å². The summed E-state index contributed by atoms with van der Waals surface area (Å²) in [6.07, 6.45) is 0.506. The Labute approximate surface area is 104 Å². The number of carbonyl (C=O) groups excluding carboxylic acids is 1. The maximum atomic E-state index is 11.5. The molecule has 0 saturated carbocycles. The van der Waals surface area contributed by atoms with Gasteiger partial charge in [-0.25, -0.2) is 0 Å². The minimum atomic E-state index is -0.0198. The molecule has 94 valence electrons. The summed E-state index contributed by atoms with van der Waals surface area (Å²) < 4.78 is 0. The second kappa shape index (κ2) is 6.18. The largest absolute Gasteiger partial charge is 0.359 e. The fourth-order valence-electron chi connectivity index (χ4n) is 0.998. The van der Waals surface area contributed by atoms with Crippen molar-refractivity contribution in [2.24, 2.45) is 11.3 Å². The molecule has 1 amide bonds. The second-order valence-corrected chi connectivity index (χ2v) is 6.12. The number of thiocarbonyl (C=S) groups is 1. The molecule has 0 fully saturated rings. The Kier molecular flexibility index (Phi) is 5.94. The van der Waals surface area contributed by atoms with Crippen molar-refractivity contribution in [3.8, 4) is 0 Å². The van der Waals surface area contributed by atoms with Crippen molar-refractivity contribution >= 4 is 23.2 Å². The molecular weight excluding hydrogens is 220 g/mol. The summed E-state index contributed by atoms with van der Waals surface area (Å²) in [7, 11) is 0. The minimum Gasteiger partial charge on any atom is -0.359 e. The number of hydrogen-bond donors (Lipinski definition) is 2. The van der Waals surface area contributed by atoms with Gasteiger partial charge in [-0.2, -0.15) is 0 Å². The lowest BCUT2D eigenvalue weighted by Gasteiger charge is -2.29. The third-order valence-electron chi connectivity index (χ3n) is 2.49. The van der Waals surface area contributed by atoms with Crippen LogP contribution in [0.4, 0.5) is 0 Å². The summed E-state index contributed by atoms with van der Waals surface area (Å²) in [5.74, 6) is 0.330. The molecule has 0 aliphatic heterocycles. The highest BCUT2D eigenvalue weighted by Gasteiger charge is 2.20. The average Bonchev–Trinajstić information content (AvgIpc) is 1.98. The molecule has 0 saturated heterocycles. The highest BCUT2D eigenvalue weighted by atomic mass is 32.1. The molecule has 1 unspecified atom stereocenters. The fraction of sp³-hybridized carbons (Fsp3) is 0.833. The third-order valence-corrected chi connectivity index (χ3v) is 2.71. The van der Waals surface area contributed by atoms with E-state index in [2.05, 4.69) is 38.3 Å². The first-order valence-electron chi connectivity index (χ1n) is 5.73. The molecule has 0 spiro atoms. The van der Waals surface area contributed by atoms with Crippen molar-refractivity contribution in [2.45, 2.75) is 54.0 Å². The summed E-state index contributed by atoms with van der Waals surface area (Å²) >= 11 is 5.09. The summed E-state index contributed by atoms with van der Waals surface area (Å²) in [5.41, 5.74) is 0.118. The lowest BCUT2D eigenvalue weighted by Crippen LogP contribution is -2.48.